The summed E-state index contributed by atoms with van der Waals surface area (Å²) >= 11 is 0.560. The molecule has 74 valence electrons. The number of aromatic nitrogens is 1. The molecule has 5 heteroatoms. The average Bonchev–Trinajstić information content (AvgIpc) is 2.61. The average molecular weight is 211 g/mol. The highest BCUT2D eigenvalue weighted by atomic mass is 32.2. The molecule has 0 bridgehead atoms. The molecule has 0 aliphatic carbocycles. The molecule has 0 radical (unpaired) electrons. The second-order valence-electron chi connectivity index (χ2n) is 2.48. The van der Waals surface area contributed by atoms with E-state index in [4.69, 9.17) is 11.0 Å². The van der Waals surface area contributed by atoms with Crippen LogP contribution in [0.2, 0.25) is 0 Å². The molecular weight excluding hydrogens is 202 g/mol. The summed E-state index contributed by atoms with van der Waals surface area (Å²) in [4.78, 5) is 11.8. The maximum absolute atomic E-state index is 11.2. The van der Waals surface area contributed by atoms with Crippen molar-refractivity contribution in [3.05, 3.63) is 18.0 Å². The minimum atomic E-state index is -0.472. The van der Waals surface area contributed by atoms with Gasteiger partial charge in [0.15, 0.2) is 0 Å². The van der Waals surface area contributed by atoms with Crippen LogP contribution in [0.4, 0.5) is 0 Å². The van der Waals surface area contributed by atoms with E-state index in [-0.39, 0.29) is 6.54 Å². The predicted octanol–water partition coefficient (Wildman–Crippen LogP) is 1.47. The summed E-state index contributed by atoms with van der Waals surface area (Å²) in [6.07, 6.45) is 6.72. The molecule has 0 atom stereocenters. The van der Waals surface area contributed by atoms with Crippen molar-refractivity contribution < 1.29 is 14.1 Å². The molecule has 0 fully saturated rings. The number of hydrogen-bond donors (Lipinski definition) is 1. The Balaban J connectivity index is 3.06. The normalized spacial score (nSPS) is 9.50. The predicted molar refractivity (Wildman–Crippen MR) is 53.1 cm³/mol. The van der Waals surface area contributed by atoms with Crippen molar-refractivity contribution in [3.8, 4) is 12.3 Å². The maximum Gasteiger partial charge on any atom is 0.354 e. The summed E-state index contributed by atoms with van der Waals surface area (Å²) < 4.78 is 14.9. The zero-order valence-corrected chi connectivity index (χ0v) is 8.37. The van der Waals surface area contributed by atoms with E-state index in [1.165, 1.54) is 13.2 Å². The van der Waals surface area contributed by atoms with Crippen LogP contribution in [0.5, 0.6) is 0 Å². The molecule has 4 nitrogen and oxygen atoms in total. The molecule has 1 heterocycles. The van der Waals surface area contributed by atoms with Crippen LogP contribution in [-0.2, 0) is 11.3 Å². The summed E-state index contributed by atoms with van der Waals surface area (Å²) in [6, 6.07) is 1.52. The third-order valence-corrected chi connectivity index (χ3v) is 2.07. The van der Waals surface area contributed by atoms with Gasteiger partial charge in [-0.3, -0.25) is 0 Å². The topological polar surface area (TPSA) is 51.5 Å². The number of nitrogens with zero attached hydrogens (tertiary/aromatic N) is 1. The van der Waals surface area contributed by atoms with E-state index in [1.54, 1.807) is 10.8 Å². The zero-order valence-electron chi connectivity index (χ0n) is 7.56. The van der Waals surface area contributed by atoms with E-state index in [0.717, 1.165) is 0 Å². The van der Waals surface area contributed by atoms with Crippen LogP contribution in [0.3, 0.4) is 0 Å². The molecule has 0 saturated heterocycles. The summed E-state index contributed by atoms with van der Waals surface area (Å²) in [5.41, 5.74) is 0.335. The van der Waals surface area contributed by atoms with Crippen molar-refractivity contribution in [1.82, 2.24) is 4.57 Å². The Bertz CT molecular complexity index is 378. The summed E-state index contributed by atoms with van der Waals surface area (Å²) in [6.45, 7) is 0.269. The molecule has 0 amide bonds. The first kappa shape index (κ1) is 10.7. The molecule has 0 unspecified atom stereocenters. The monoisotopic (exact) mass is 211 g/mol. The molecule has 1 aromatic rings. The largest absolute Gasteiger partial charge is 0.464 e. The Labute approximate surface area is 86.1 Å². The molecule has 0 spiro atoms. The third kappa shape index (κ3) is 2.10. The Morgan fingerprint density at radius 3 is 3.07 bits per heavy atom. The van der Waals surface area contributed by atoms with Crippen LogP contribution in [0.1, 0.15) is 10.5 Å². The number of terminal acetylenes is 1. The SMILES string of the molecule is C#CCn1cc(SO)cc1C(=O)OC. The van der Waals surface area contributed by atoms with Gasteiger partial charge < -0.3 is 13.9 Å². The first-order chi connectivity index (χ1) is 6.72. The van der Waals surface area contributed by atoms with Gasteiger partial charge in [-0.25, -0.2) is 4.79 Å². The minimum absolute atomic E-state index is 0.269. The number of hydrogen-bond acceptors (Lipinski definition) is 4. The molecule has 1 N–H and O–H groups in total. The van der Waals surface area contributed by atoms with Crippen molar-refractivity contribution in [1.29, 1.82) is 0 Å². The Morgan fingerprint density at radius 1 is 1.86 bits per heavy atom. The lowest BCUT2D eigenvalue weighted by Crippen LogP contribution is -2.09. The first-order valence-electron chi connectivity index (χ1n) is 3.76. The highest BCUT2D eigenvalue weighted by Crippen LogP contribution is 2.18. The van der Waals surface area contributed by atoms with Crippen LogP contribution in [0.15, 0.2) is 17.2 Å². The van der Waals surface area contributed by atoms with Gasteiger partial charge in [0.2, 0.25) is 0 Å². The first-order valence-corrected chi connectivity index (χ1v) is 4.53. The lowest BCUT2D eigenvalue weighted by molar-refractivity contribution is 0.0589. The van der Waals surface area contributed by atoms with Crippen molar-refractivity contribution in [2.75, 3.05) is 7.11 Å². The number of rotatable bonds is 3. The van der Waals surface area contributed by atoms with E-state index >= 15 is 0 Å². The van der Waals surface area contributed by atoms with E-state index in [2.05, 4.69) is 10.7 Å². The van der Waals surface area contributed by atoms with Crippen molar-refractivity contribution in [2.24, 2.45) is 0 Å². The molecule has 0 aromatic carbocycles. The Kier molecular flexibility index (Phi) is 3.63. The number of methoxy groups -OCH3 is 1. The van der Waals surface area contributed by atoms with E-state index in [1.807, 2.05) is 0 Å². The maximum atomic E-state index is 11.2. The third-order valence-electron chi connectivity index (χ3n) is 1.63. The fourth-order valence-corrected chi connectivity index (χ4v) is 1.38. The Hall–Kier alpha value is -1.38. The minimum Gasteiger partial charge on any atom is -0.464 e. The van der Waals surface area contributed by atoms with Crippen LogP contribution in [0, 0.1) is 12.3 Å². The summed E-state index contributed by atoms with van der Waals surface area (Å²) in [5.74, 6) is 1.93. The summed E-state index contributed by atoms with van der Waals surface area (Å²) in [5, 5.41) is 0. The van der Waals surface area contributed by atoms with Gasteiger partial charge in [0.05, 0.1) is 18.6 Å². The van der Waals surface area contributed by atoms with Crippen LogP contribution in [0.25, 0.3) is 0 Å². The second-order valence-corrected chi connectivity index (χ2v) is 3.13. The van der Waals surface area contributed by atoms with Gasteiger partial charge in [-0.05, 0) is 6.07 Å². The Morgan fingerprint density at radius 2 is 2.57 bits per heavy atom. The number of ether oxygens (including phenoxy) is 1. The van der Waals surface area contributed by atoms with Gasteiger partial charge in [0.25, 0.3) is 0 Å². The smallest absolute Gasteiger partial charge is 0.354 e. The second kappa shape index (κ2) is 4.74. The lowest BCUT2D eigenvalue weighted by atomic mass is 10.4. The molecule has 14 heavy (non-hydrogen) atoms. The quantitative estimate of drug-likeness (QED) is 0.467. The highest BCUT2D eigenvalue weighted by Gasteiger charge is 2.13. The number of esters is 1. The standard InChI is InChI=1S/C9H9NO3S/c1-3-4-10-6-7(14-12)5-8(10)9(11)13-2/h1,5-6,12H,4H2,2H3. The van der Waals surface area contributed by atoms with Crippen LogP contribution in [-0.4, -0.2) is 22.2 Å². The van der Waals surface area contributed by atoms with Crippen molar-refractivity contribution >= 4 is 18.0 Å². The van der Waals surface area contributed by atoms with Gasteiger partial charge in [0.1, 0.15) is 5.69 Å². The van der Waals surface area contributed by atoms with Gasteiger partial charge in [-0.15, -0.1) is 6.42 Å². The molecular formula is C9H9NO3S. The van der Waals surface area contributed by atoms with E-state index in [9.17, 15) is 4.79 Å². The fraction of sp³-hybridized carbons (Fsp3) is 0.222. The van der Waals surface area contributed by atoms with Gasteiger partial charge in [-0.1, -0.05) is 5.92 Å². The fourth-order valence-electron chi connectivity index (χ4n) is 1.04. The van der Waals surface area contributed by atoms with Crippen molar-refractivity contribution in [2.45, 2.75) is 11.4 Å². The molecule has 0 aliphatic heterocycles. The van der Waals surface area contributed by atoms with Gasteiger partial charge in [0, 0.05) is 18.2 Å². The van der Waals surface area contributed by atoms with E-state index < -0.39 is 5.97 Å². The van der Waals surface area contributed by atoms with Gasteiger partial charge >= 0.3 is 5.97 Å². The molecule has 1 aromatic heterocycles. The number of carbonyl (C=O) groups excluding carboxylic acids is 1. The van der Waals surface area contributed by atoms with Crippen LogP contribution < -0.4 is 0 Å². The zero-order chi connectivity index (χ0) is 10.6. The highest BCUT2D eigenvalue weighted by molar-refractivity contribution is 7.93. The lowest BCUT2D eigenvalue weighted by Gasteiger charge is -2.01. The molecule has 0 aliphatic rings. The molecule has 1 rings (SSSR count). The van der Waals surface area contributed by atoms with Crippen LogP contribution >= 0.6 is 12.0 Å². The van der Waals surface area contributed by atoms with Gasteiger partial charge in [-0.2, -0.15) is 0 Å². The number of carbonyl (C=O) groups is 1. The summed E-state index contributed by atoms with van der Waals surface area (Å²) in [7, 11) is 1.29. The molecule has 0 saturated carbocycles. The van der Waals surface area contributed by atoms with Crippen molar-refractivity contribution in [3.63, 3.8) is 0 Å². The van der Waals surface area contributed by atoms with E-state index in [0.29, 0.717) is 22.6 Å².